The van der Waals surface area contributed by atoms with Crippen LogP contribution in [0.15, 0.2) is 12.1 Å². The van der Waals surface area contributed by atoms with Crippen molar-refractivity contribution in [3.05, 3.63) is 35.1 Å². The second-order valence-electron chi connectivity index (χ2n) is 5.58. The Morgan fingerprint density at radius 1 is 1.23 bits per heavy atom. The van der Waals surface area contributed by atoms with Gasteiger partial charge in [0.25, 0.3) is 0 Å². The van der Waals surface area contributed by atoms with Crippen molar-refractivity contribution in [1.29, 1.82) is 0 Å². The summed E-state index contributed by atoms with van der Waals surface area (Å²) in [6.45, 7) is 4.74. The molecule has 0 aliphatic heterocycles. The first-order valence-corrected chi connectivity index (χ1v) is 6.36. The zero-order valence-electron chi connectivity index (χ0n) is 12.2. The number of hydrogen-bond acceptors (Lipinski definition) is 3. The zero-order valence-corrected chi connectivity index (χ0v) is 12.2. The molecule has 0 saturated heterocycles. The van der Waals surface area contributed by atoms with Gasteiger partial charge in [0.05, 0.1) is 0 Å². The molecule has 122 valence electrons. The van der Waals surface area contributed by atoms with Crippen molar-refractivity contribution in [3.63, 3.8) is 0 Å². The Labute approximate surface area is 125 Å². The number of carbonyl (C=O) groups excluding carboxylic acids is 1. The van der Waals surface area contributed by atoms with Crippen molar-refractivity contribution in [2.24, 2.45) is 0 Å². The first-order chi connectivity index (χ1) is 10.0. The van der Waals surface area contributed by atoms with E-state index in [9.17, 15) is 22.8 Å². The van der Waals surface area contributed by atoms with Gasteiger partial charge in [0.15, 0.2) is 17.5 Å². The molecule has 22 heavy (non-hydrogen) atoms. The summed E-state index contributed by atoms with van der Waals surface area (Å²) in [4.78, 5) is 22.7. The molecule has 1 rings (SSSR count). The number of halogens is 3. The van der Waals surface area contributed by atoms with E-state index in [1.165, 1.54) is 0 Å². The average Bonchev–Trinajstić information content (AvgIpc) is 2.36. The Hall–Kier alpha value is -2.25. The number of aliphatic carboxylic acids is 1. The number of carbonyl (C=O) groups is 2. The van der Waals surface area contributed by atoms with Gasteiger partial charge in [-0.3, -0.25) is 0 Å². The topological polar surface area (TPSA) is 75.6 Å². The molecule has 0 unspecified atom stereocenters. The summed E-state index contributed by atoms with van der Waals surface area (Å²) in [6.07, 6.45) is -1.57. The zero-order chi connectivity index (χ0) is 17.1. The smallest absolute Gasteiger partial charge is 0.408 e. The number of ether oxygens (including phenoxy) is 1. The van der Waals surface area contributed by atoms with Gasteiger partial charge in [0.2, 0.25) is 0 Å². The molecule has 0 bridgehead atoms. The lowest BCUT2D eigenvalue weighted by molar-refractivity contribution is -0.139. The molecule has 0 heterocycles. The van der Waals surface area contributed by atoms with Gasteiger partial charge < -0.3 is 15.2 Å². The van der Waals surface area contributed by atoms with Crippen molar-refractivity contribution >= 4 is 12.1 Å². The van der Waals surface area contributed by atoms with Crippen LogP contribution in [0, 0.1) is 17.5 Å². The number of carboxylic acid groups (broad SMARTS) is 1. The van der Waals surface area contributed by atoms with Crippen LogP contribution in [0.4, 0.5) is 18.0 Å². The quantitative estimate of drug-likeness (QED) is 0.837. The summed E-state index contributed by atoms with van der Waals surface area (Å²) in [7, 11) is 0. The summed E-state index contributed by atoms with van der Waals surface area (Å²) < 4.78 is 44.4. The molecule has 0 spiro atoms. The lowest BCUT2D eigenvalue weighted by Gasteiger charge is -2.22. The highest BCUT2D eigenvalue weighted by atomic mass is 19.2. The molecule has 1 amide bonds. The second kappa shape index (κ2) is 6.67. The fraction of sp³-hybridized carbons (Fsp3) is 0.429. The summed E-state index contributed by atoms with van der Waals surface area (Å²) >= 11 is 0. The molecule has 0 radical (unpaired) electrons. The molecule has 1 aromatic rings. The van der Waals surface area contributed by atoms with Crippen molar-refractivity contribution in [1.82, 2.24) is 5.32 Å². The fourth-order valence-electron chi connectivity index (χ4n) is 1.59. The molecule has 0 saturated carbocycles. The molecular weight excluding hydrogens is 303 g/mol. The van der Waals surface area contributed by atoms with Crippen LogP contribution in [0.2, 0.25) is 0 Å². The van der Waals surface area contributed by atoms with Gasteiger partial charge >= 0.3 is 12.1 Å². The van der Waals surface area contributed by atoms with E-state index in [0.29, 0.717) is 6.07 Å². The molecule has 0 aliphatic rings. The lowest BCUT2D eigenvalue weighted by atomic mass is 10.1. The van der Waals surface area contributed by atoms with Crippen LogP contribution < -0.4 is 5.32 Å². The Kier molecular flexibility index (Phi) is 5.40. The SMILES string of the molecule is CC(C)(C)OC(=O)N[C@@H](Cc1ccc(F)c(F)c1F)C(=O)O. The summed E-state index contributed by atoms with van der Waals surface area (Å²) in [6, 6.07) is 0.0508. The van der Waals surface area contributed by atoms with Gasteiger partial charge in [-0.15, -0.1) is 0 Å². The van der Waals surface area contributed by atoms with E-state index in [1.54, 1.807) is 20.8 Å². The van der Waals surface area contributed by atoms with Crippen LogP contribution in [0.5, 0.6) is 0 Å². The van der Waals surface area contributed by atoms with Crippen molar-refractivity contribution in [2.75, 3.05) is 0 Å². The van der Waals surface area contributed by atoms with Crippen LogP contribution in [0.1, 0.15) is 26.3 Å². The van der Waals surface area contributed by atoms with E-state index in [0.717, 1.165) is 6.07 Å². The maximum Gasteiger partial charge on any atom is 0.408 e. The molecule has 1 atom stereocenters. The van der Waals surface area contributed by atoms with Gasteiger partial charge in [-0.2, -0.15) is 0 Å². The van der Waals surface area contributed by atoms with Gasteiger partial charge in [-0.1, -0.05) is 6.07 Å². The third-order valence-electron chi connectivity index (χ3n) is 2.53. The van der Waals surface area contributed by atoms with Crippen molar-refractivity contribution < 1.29 is 32.6 Å². The van der Waals surface area contributed by atoms with E-state index >= 15 is 0 Å². The highest BCUT2D eigenvalue weighted by molar-refractivity contribution is 5.80. The summed E-state index contributed by atoms with van der Waals surface area (Å²) in [5.41, 5.74) is -1.22. The van der Waals surface area contributed by atoms with Crippen molar-refractivity contribution in [2.45, 2.75) is 38.8 Å². The Morgan fingerprint density at radius 2 is 1.82 bits per heavy atom. The third kappa shape index (κ3) is 4.94. The minimum Gasteiger partial charge on any atom is -0.480 e. The number of rotatable bonds is 4. The van der Waals surface area contributed by atoms with Crippen LogP contribution in [-0.4, -0.2) is 28.8 Å². The predicted molar refractivity (Wildman–Crippen MR) is 70.8 cm³/mol. The monoisotopic (exact) mass is 319 g/mol. The highest BCUT2D eigenvalue weighted by Gasteiger charge is 2.26. The van der Waals surface area contributed by atoms with Crippen LogP contribution in [0.3, 0.4) is 0 Å². The van der Waals surface area contributed by atoms with E-state index in [1.807, 2.05) is 5.32 Å². The standard InChI is InChI=1S/C14H16F3NO4/c1-14(2,3)22-13(21)18-9(12(19)20)6-7-4-5-8(15)11(17)10(7)16/h4-5,9H,6H2,1-3H3,(H,18,21)(H,19,20)/t9-/m0/s1. The highest BCUT2D eigenvalue weighted by Crippen LogP contribution is 2.17. The summed E-state index contributed by atoms with van der Waals surface area (Å²) in [5.74, 6) is -6.03. The number of nitrogens with one attached hydrogen (secondary N) is 1. The first kappa shape index (κ1) is 17.8. The molecule has 5 nitrogen and oxygen atoms in total. The first-order valence-electron chi connectivity index (χ1n) is 6.36. The molecule has 1 aromatic carbocycles. The fourth-order valence-corrected chi connectivity index (χ4v) is 1.59. The predicted octanol–water partition coefficient (Wildman–Crippen LogP) is 2.62. The lowest BCUT2D eigenvalue weighted by Crippen LogP contribution is -2.44. The van der Waals surface area contributed by atoms with E-state index in [4.69, 9.17) is 9.84 Å². The number of amides is 1. The third-order valence-corrected chi connectivity index (χ3v) is 2.53. The molecule has 8 heteroatoms. The van der Waals surface area contributed by atoms with Gasteiger partial charge in [0.1, 0.15) is 11.6 Å². The minimum atomic E-state index is -1.70. The minimum absolute atomic E-state index is 0.373. The maximum absolute atomic E-state index is 13.5. The Bertz CT molecular complexity index is 584. The largest absolute Gasteiger partial charge is 0.480 e. The molecule has 0 aliphatic carbocycles. The van der Waals surface area contributed by atoms with Crippen LogP contribution in [-0.2, 0) is 16.0 Å². The van der Waals surface area contributed by atoms with Gasteiger partial charge in [-0.05, 0) is 32.4 Å². The molecule has 0 fully saturated rings. The van der Waals surface area contributed by atoms with E-state index in [2.05, 4.69) is 0 Å². The van der Waals surface area contributed by atoms with E-state index in [-0.39, 0.29) is 5.56 Å². The number of benzene rings is 1. The van der Waals surface area contributed by atoms with Crippen LogP contribution >= 0.6 is 0 Å². The number of carboxylic acids is 1. The number of alkyl carbamates (subject to hydrolysis) is 1. The van der Waals surface area contributed by atoms with Crippen molar-refractivity contribution in [3.8, 4) is 0 Å². The number of hydrogen-bond donors (Lipinski definition) is 2. The second-order valence-corrected chi connectivity index (χ2v) is 5.58. The van der Waals surface area contributed by atoms with Gasteiger partial charge in [0, 0.05) is 6.42 Å². The van der Waals surface area contributed by atoms with Crippen LogP contribution in [0.25, 0.3) is 0 Å². The average molecular weight is 319 g/mol. The van der Waals surface area contributed by atoms with E-state index < -0.39 is 47.6 Å². The molecular formula is C14H16F3NO4. The maximum atomic E-state index is 13.5. The Balaban J connectivity index is 2.88. The molecule has 2 N–H and O–H groups in total. The molecule has 0 aromatic heterocycles. The Morgan fingerprint density at radius 3 is 2.32 bits per heavy atom. The van der Waals surface area contributed by atoms with Gasteiger partial charge in [-0.25, -0.2) is 22.8 Å². The normalized spacial score (nSPS) is 12.6. The summed E-state index contributed by atoms with van der Waals surface area (Å²) in [5, 5.41) is 11.1.